The van der Waals surface area contributed by atoms with E-state index in [9.17, 15) is 9.18 Å². The highest BCUT2D eigenvalue weighted by atomic mass is 35.5. The van der Waals surface area contributed by atoms with Gasteiger partial charge in [0.25, 0.3) is 5.91 Å². The first-order valence-corrected chi connectivity index (χ1v) is 8.08. The van der Waals surface area contributed by atoms with Gasteiger partial charge in [-0.05, 0) is 30.3 Å². The van der Waals surface area contributed by atoms with Crippen molar-refractivity contribution in [3.63, 3.8) is 0 Å². The van der Waals surface area contributed by atoms with Gasteiger partial charge in [-0.25, -0.2) is 4.39 Å². The summed E-state index contributed by atoms with van der Waals surface area (Å²) in [5, 5.41) is 8.52. The molecular formula is C17H13ClFN5O. The van der Waals surface area contributed by atoms with Gasteiger partial charge in [-0.15, -0.1) is 10.2 Å². The van der Waals surface area contributed by atoms with Crippen LogP contribution in [0.15, 0.2) is 42.7 Å². The van der Waals surface area contributed by atoms with Crippen molar-refractivity contribution in [3.05, 3.63) is 65.0 Å². The minimum Gasteiger partial charge on any atom is -0.329 e. The first-order valence-electron chi connectivity index (χ1n) is 7.70. The highest BCUT2D eigenvalue weighted by Crippen LogP contribution is 2.24. The lowest BCUT2D eigenvalue weighted by atomic mass is 10.1. The molecule has 3 heterocycles. The van der Waals surface area contributed by atoms with Crippen LogP contribution in [0.1, 0.15) is 16.2 Å². The Morgan fingerprint density at radius 1 is 1.20 bits per heavy atom. The minimum absolute atomic E-state index is 0.105. The van der Waals surface area contributed by atoms with Crippen LogP contribution in [-0.4, -0.2) is 37.1 Å². The van der Waals surface area contributed by atoms with Crippen LogP contribution in [0.3, 0.4) is 0 Å². The zero-order valence-corrected chi connectivity index (χ0v) is 13.8. The van der Waals surface area contributed by atoms with Gasteiger partial charge in [0.15, 0.2) is 11.6 Å². The van der Waals surface area contributed by atoms with E-state index < -0.39 is 5.82 Å². The van der Waals surface area contributed by atoms with Crippen molar-refractivity contribution >= 4 is 17.5 Å². The van der Waals surface area contributed by atoms with E-state index in [0.29, 0.717) is 25.5 Å². The SMILES string of the molecule is O=C(c1ccc(F)cc1Cl)N1CCn2c(nnc2-c2cccnc2)C1. The quantitative estimate of drug-likeness (QED) is 0.707. The Balaban J connectivity index is 1.60. The van der Waals surface area contributed by atoms with E-state index in [1.807, 2.05) is 16.7 Å². The van der Waals surface area contributed by atoms with E-state index in [-0.39, 0.29) is 16.5 Å². The number of benzene rings is 1. The van der Waals surface area contributed by atoms with Gasteiger partial charge in [0, 0.05) is 31.0 Å². The maximum Gasteiger partial charge on any atom is 0.255 e. The lowest BCUT2D eigenvalue weighted by Crippen LogP contribution is -2.38. The van der Waals surface area contributed by atoms with Gasteiger partial charge in [-0.2, -0.15) is 0 Å². The molecule has 6 nitrogen and oxygen atoms in total. The molecule has 0 saturated heterocycles. The fourth-order valence-corrected chi connectivity index (χ4v) is 3.12. The molecule has 126 valence electrons. The number of hydrogen-bond donors (Lipinski definition) is 0. The third kappa shape index (κ3) is 2.87. The van der Waals surface area contributed by atoms with Crippen molar-refractivity contribution in [3.8, 4) is 11.4 Å². The number of fused-ring (bicyclic) bond motifs is 1. The van der Waals surface area contributed by atoms with E-state index in [2.05, 4.69) is 15.2 Å². The third-order valence-corrected chi connectivity index (χ3v) is 4.43. The molecule has 4 rings (SSSR count). The van der Waals surface area contributed by atoms with Gasteiger partial charge >= 0.3 is 0 Å². The van der Waals surface area contributed by atoms with Crippen LogP contribution in [0.5, 0.6) is 0 Å². The molecule has 3 aromatic rings. The Kier molecular flexibility index (Phi) is 3.93. The molecule has 0 N–H and O–H groups in total. The number of carbonyl (C=O) groups is 1. The topological polar surface area (TPSA) is 63.9 Å². The predicted molar refractivity (Wildman–Crippen MR) is 89.4 cm³/mol. The highest BCUT2D eigenvalue weighted by molar-refractivity contribution is 6.33. The second-order valence-electron chi connectivity index (χ2n) is 5.68. The summed E-state index contributed by atoms with van der Waals surface area (Å²) >= 11 is 6.00. The van der Waals surface area contributed by atoms with Crippen LogP contribution < -0.4 is 0 Å². The van der Waals surface area contributed by atoms with E-state index in [1.165, 1.54) is 12.1 Å². The van der Waals surface area contributed by atoms with Crippen molar-refractivity contribution in [1.82, 2.24) is 24.6 Å². The average Bonchev–Trinajstić information content (AvgIpc) is 3.05. The van der Waals surface area contributed by atoms with Gasteiger partial charge in [0.05, 0.1) is 17.1 Å². The molecule has 0 saturated carbocycles. The van der Waals surface area contributed by atoms with Gasteiger partial charge in [0.2, 0.25) is 0 Å². The highest BCUT2D eigenvalue weighted by Gasteiger charge is 2.26. The normalized spacial score (nSPS) is 13.6. The molecule has 0 aliphatic carbocycles. The second-order valence-corrected chi connectivity index (χ2v) is 6.09. The summed E-state index contributed by atoms with van der Waals surface area (Å²) in [5.41, 5.74) is 1.16. The van der Waals surface area contributed by atoms with Crippen LogP contribution >= 0.6 is 11.6 Å². The number of rotatable bonds is 2. The Morgan fingerprint density at radius 3 is 2.84 bits per heavy atom. The number of hydrogen-bond acceptors (Lipinski definition) is 4. The zero-order chi connectivity index (χ0) is 17.4. The Bertz CT molecular complexity index is 943. The number of aromatic nitrogens is 4. The maximum absolute atomic E-state index is 13.2. The van der Waals surface area contributed by atoms with E-state index in [4.69, 9.17) is 11.6 Å². The number of pyridine rings is 1. The standard InChI is InChI=1S/C17H13ClFN5O/c18-14-8-12(19)3-4-13(14)17(25)23-6-7-24-15(10-23)21-22-16(24)11-2-1-5-20-9-11/h1-5,8-9H,6-7,10H2. The van der Waals surface area contributed by atoms with Gasteiger partial charge in [-0.3, -0.25) is 9.78 Å². The molecule has 1 aliphatic heterocycles. The second kappa shape index (κ2) is 6.25. The largest absolute Gasteiger partial charge is 0.329 e. The molecule has 8 heteroatoms. The molecule has 0 radical (unpaired) electrons. The molecule has 1 aromatic carbocycles. The van der Waals surface area contributed by atoms with E-state index in [0.717, 1.165) is 17.5 Å². The van der Waals surface area contributed by atoms with Gasteiger partial charge in [0.1, 0.15) is 5.82 Å². The molecule has 1 amide bonds. The minimum atomic E-state index is -0.471. The summed E-state index contributed by atoms with van der Waals surface area (Å²) in [7, 11) is 0. The first-order chi connectivity index (χ1) is 12.1. The van der Waals surface area contributed by atoms with Gasteiger partial charge in [-0.1, -0.05) is 11.6 Å². The lowest BCUT2D eigenvalue weighted by Gasteiger charge is -2.28. The summed E-state index contributed by atoms with van der Waals surface area (Å²) < 4.78 is 15.2. The van der Waals surface area contributed by atoms with Crippen molar-refractivity contribution < 1.29 is 9.18 Å². The Morgan fingerprint density at radius 2 is 2.08 bits per heavy atom. The van der Waals surface area contributed by atoms with E-state index >= 15 is 0 Å². The maximum atomic E-state index is 13.2. The van der Waals surface area contributed by atoms with Crippen molar-refractivity contribution in [2.75, 3.05) is 6.54 Å². The molecule has 0 atom stereocenters. The Labute approximate surface area is 147 Å². The molecule has 1 aliphatic rings. The fraction of sp³-hybridized carbons (Fsp3) is 0.176. The fourth-order valence-electron chi connectivity index (χ4n) is 2.87. The average molecular weight is 358 g/mol. The van der Waals surface area contributed by atoms with Crippen molar-refractivity contribution in [1.29, 1.82) is 0 Å². The summed E-state index contributed by atoms with van der Waals surface area (Å²) in [6.07, 6.45) is 3.43. The first kappa shape index (κ1) is 15.7. The number of nitrogens with zero attached hydrogens (tertiary/aromatic N) is 5. The van der Waals surface area contributed by atoms with Crippen LogP contribution in [-0.2, 0) is 13.1 Å². The smallest absolute Gasteiger partial charge is 0.255 e. The van der Waals surface area contributed by atoms with E-state index in [1.54, 1.807) is 17.3 Å². The lowest BCUT2D eigenvalue weighted by molar-refractivity contribution is 0.0708. The van der Waals surface area contributed by atoms with Crippen molar-refractivity contribution in [2.24, 2.45) is 0 Å². The Hall–Kier alpha value is -2.80. The number of halogens is 2. The number of carbonyl (C=O) groups excluding carboxylic acids is 1. The monoisotopic (exact) mass is 357 g/mol. The summed E-state index contributed by atoms with van der Waals surface area (Å²) in [5.74, 6) is 0.704. The molecule has 0 unspecified atom stereocenters. The molecular weight excluding hydrogens is 345 g/mol. The summed E-state index contributed by atoms with van der Waals surface area (Å²) in [4.78, 5) is 18.4. The molecule has 0 bridgehead atoms. The van der Waals surface area contributed by atoms with Gasteiger partial charge < -0.3 is 9.47 Å². The van der Waals surface area contributed by atoms with Crippen LogP contribution in [0, 0.1) is 5.82 Å². The molecule has 25 heavy (non-hydrogen) atoms. The van der Waals surface area contributed by atoms with Crippen LogP contribution in [0.25, 0.3) is 11.4 Å². The summed E-state index contributed by atoms with van der Waals surface area (Å²) in [6.45, 7) is 1.38. The molecule has 0 spiro atoms. The zero-order valence-electron chi connectivity index (χ0n) is 13.1. The summed E-state index contributed by atoms with van der Waals surface area (Å²) in [6, 6.07) is 7.53. The molecule has 0 fully saturated rings. The predicted octanol–water partition coefficient (Wildman–Crippen LogP) is 2.79. The van der Waals surface area contributed by atoms with Crippen LogP contribution in [0.4, 0.5) is 4.39 Å². The number of amides is 1. The molecule has 2 aromatic heterocycles. The van der Waals surface area contributed by atoms with Crippen molar-refractivity contribution in [2.45, 2.75) is 13.1 Å². The van der Waals surface area contributed by atoms with Crippen LogP contribution in [0.2, 0.25) is 5.02 Å². The third-order valence-electron chi connectivity index (χ3n) is 4.12.